The Bertz CT molecular complexity index is 295. The van der Waals surface area contributed by atoms with Crippen molar-refractivity contribution in [2.75, 3.05) is 13.6 Å². The second-order valence-electron chi connectivity index (χ2n) is 3.31. The molecule has 1 amide bonds. The summed E-state index contributed by atoms with van der Waals surface area (Å²) < 4.78 is 0. The summed E-state index contributed by atoms with van der Waals surface area (Å²) >= 11 is 1.53. The van der Waals surface area contributed by atoms with Crippen molar-refractivity contribution in [1.82, 2.24) is 9.88 Å². The van der Waals surface area contributed by atoms with Gasteiger partial charge in [-0.25, -0.2) is 4.98 Å². The molecule has 0 fully saturated rings. The molecule has 0 aliphatic rings. The van der Waals surface area contributed by atoms with Gasteiger partial charge in [-0.05, 0) is 0 Å². The molecular weight excluding hydrogens is 269 g/mol. The number of aromatic nitrogens is 1. The quantitative estimate of drug-likeness (QED) is 0.913. The van der Waals surface area contributed by atoms with Crippen LogP contribution in [0.4, 0.5) is 0 Å². The maximum absolute atomic E-state index is 11.6. The van der Waals surface area contributed by atoms with Crippen molar-refractivity contribution >= 4 is 42.1 Å². The molecule has 1 unspecified atom stereocenters. The van der Waals surface area contributed by atoms with Gasteiger partial charge in [0, 0.05) is 24.9 Å². The van der Waals surface area contributed by atoms with Gasteiger partial charge in [-0.15, -0.1) is 36.2 Å². The predicted molar refractivity (Wildman–Crippen MR) is 71.3 cm³/mol. The lowest BCUT2D eigenvalue weighted by Crippen LogP contribution is -2.34. The van der Waals surface area contributed by atoms with E-state index < -0.39 is 0 Å². The third kappa shape index (κ3) is 5.12. The van der Waals surface area contributed by atoms with E-state index in [1.165, 1.54) is 11.3 Å². The molecule has 0 bridgehead atoms. The van der Waals surface area contributed by atoms with Crippen LogP contribution in [0.1, 0.15) is 12.6 Å². The van der Waals surface area contributed by atoms with E-state index in [0.29, 0.717) is 13.1 Å². The number of rotatable bonds is 4. The molecule has 94 valence electrons. The van der Waals surface area contributed by atoms with Crippen LogP contribution in [0.25, 0.3) is 0 Å². The molecule has 4 nitrogen and oxygen atoms in total. The Kier molecular flexibility index (Phi) is 9.86. The zero-order valence-electron chi connectivity index (χ0n) is 9.25. The van der Waals surface area contributed by atoms with Gasteiger partial charge in [-0.3, -0.25) is 4.79 Å². The number of nitrogens with zero attached hydrogens (tertiary/aromatic N) is 2. The van der Waals surface area contributed by atoms with Crippen LogP contribution in [-0.2, 0) is 11.3 Å². The van der Waals surface area contributed by atoms with E-state index in [2.05, 4.69) is 4.98 Å². The maximum Gasteiger partial charge on any atom is 0.226 e. The Morgan fingerprint density at radius 2 is 2.25 bits per heavy atom. The third-order valence-corrected chi connectivity index (χ3v) is 2.67. The van der Waals surface area contributed by atoms with Gasteiger partial charge >= 0.3 is 0 Å². The molecule has 0 aromatic carbocycles. The van der Waals surface area contributed by atoms with E-state index in [-0.39, 0.29) is 36.6 Å². The van der Waals surface area contributed by atoms with Crippen LogP contribution in [0.2, 0.25) is 0 Å². The summed E-state index contributed by atoms with van der Waals surface area (Å²) in [7, 11) is 1.77. The van der Waals surface area contributed by atoms with Crippen molar-refractivity contribution in [1.29, 1.82) is 0 Å². The van der Waals surface area contributed by atoms with Gasteiger partial charge in [-0.2, -0.15) is 0 Å². The molecule has 0 saturated heterocycles. The van der Waals surface area contributed by atoms with Crippen molar-refractivity contribution in [3.63, 3.8) is 0 Å². The first-order chi connectivity index (χ1) is 6.65. The van der Waals surface area contributed by atoms with Crippen LogP contribution in [0, 0.1) is 5.92 Å². The standard InChI is InChI=1S/C9H15N3OS.2ClH/c1-7(3-10)9(13)12(2)4-8-5-14-6-11-8;;/h5-7H,3-4,10H2,1-2H3;2*1H. The fraction of sp³-hybridized carbons (Fsp3) is 0.556. The summed E-state index contributed by atoms with van der Waals surface area (Å²) in [5, 5.41) is 1.94. The Labute approximate surface area is 112 Å². The molecule has 2 N–H and O–H groups in total. The molecule has 0 saturated carbocycles. The molecule has 0 spiro atoms. The molecule has 1 aromatic rings. The minimum atomic E-state index is -0.112. The van der Waals surface area contributed by atoms with E-state index in [0.717, 1.165) is 5.69 Å². The monoisotopic (exact) mass is 285 g/mol. The normalized spacial score (nSPS) is 10.9. The average molecular weight is 286 g/mol. The third-order valence-electron chi connectivity index (χ3n) is 2.03. The van der Waals surface area contributed by atoms with Crippen LogP contribution in [0.3, 0.4) is 0 Å². The number of carbonyl (C=O) groups is 1. The number of nitrogens with two attached hydrogens (primary N) is 1. The number of thiazole rings is 1. The molecule has 0 aliphatic heterocycles. The summed E-state index contributed by atoms with van der Waals surface area (Å²) in [6.45, 7) is 2.78. The number of amides is 1. The summed E-state index contributed by atoms with van der Waals surface area (Å²) in [6.07, 6.45) is 0. The molecular formula is C9H17Cl2N3OS. The molecule has 16 heavy (non-hydrogen) atoms. The summed E-state index contributed by atoms with van der Waals surface area (Å²) in [5.74, 6) is -0.0425. The summed E-state index contributed by atoms with van der Waals surface area (Å²) in [6, 6.07) is 0. The van der Waals surface area contributed by atoms with Crippen LogP contribution in [0.15, 0.2) is 10.9 Å². The largest absolute Gasteiger partial charge is 0.340 e. The van der Waals surface area contributed by atoms with Crippen LogP contribution in [0.5, 0.6) is 0 Å². The Morgan fingerprint density at radius 1 is 1.62 bits per heavy atom. The van der Waals surface area contributed by atoms with E-state index in [1.54, 1.807) is 17.5 Å². The zero-order valence-corrected chi connectivity index (χ0v) is 11.7. The van der Waals surface area contributed by atoms with Gasteiger partial charge in [0.1, 0.15) is 0 Å². The number of hydrogen-bond donors (Lipinski definition) is 1. The molecule has 1 rings (SSSR count). The average Bonchev–Trinajstić information content (AvgIpc) is 2.68. The van der Waals surface area contributed by atoms with E-state index in [1.807, 2.05) is 12.3 Å². The first-order valence-electron chi connectivity index (χ1n) is 4.47. The lowest BCUT2D eigenvalue weighted by atomic mass is 10.1. The zero-order chi connectivity index (χ0) is 10.6. The molecule has 1 heterocycles. The van der Waals surface area contributed by atoms with Crippen molar-refractivity contribution < 1.29 is 4.79 Å². The highest BCUT2D eigenvalue weighted by Crippen LogP contribution is 2.06. The van der Waals surface area contributed by atoms with Crippen molar-refractivity contribution in [2.45, 2.75) is 13.5 Å². The highest BCUT2D eigenvalue weighted by Gasteiger charge is 2.16. The van der Waals surface area contributed by atoms with E-state index in [4.69, 9.17) is 5.73 Å². The van der Waals surface area contributed by atoms with Crippen molar-refractivity contribution in [2.24, 2.45) is 11.7 Å². The molecule has 1 aromatic heterocycles. The lowest BCUT2D eigenvalue weighted by Gasteiger charge is -2.19. The Morgan fingerprint density at radius 3 is 2.69 bits per heavy atom. The summed E-state index contributed by atoms with van der Waals surface area (Å²) in [4.78, 5) is 17.4. The van der Waals surface area contributed by atoms with Gasteiger partial charge in [0.25, 0.3) is 0 Å². The summed E-state index contributed by atoms with van der Waals surface area (Å²) in [5.41, 5.74) is 8.11. The number of halogens is 2. The minimum Gasteiger partial charge on any atom is -0.340 e. The lowest BCUT2D eigenvalue weighted by molar-refractivity contribution is -0.133. The second kappa shape index (κ2) is 8.75. The fourth-order valence-electron chi connectivity index (χ4n) is 1.11. The van der Waals surface area contributed by atoms with E-state index in [9.17, 15) is 4.79 Å². The Hall–Kier alpha value is -0.360. The minimum absolute atomic E-state index is 0. The highest BCUT2D eigenvalue weighted by molar-refractivity contribution is 7.07. The SMILES string of the molecule is CC(CN)C(=O)N(C)Cc1cscn1.Cl.Cl. The van der Waals surface area contributed by atoms with Crippen LogP contribution >= 0.6 is 36.2 Å². The first kappa shape index (κ1) is 18.0. The predicted octanol–water partition coefficient (Wildman–Crippen LogP) is 1.54. The van der Waals surface area contributed by atoms with Gasteiger partial charge in [-0.1, -0.05) is 6.92 Å². The second-order valence-corrected chi connectivity index (χ2v) is 4.03. The fourth-order valence-corrected chi connectivity index (χ4v) is 1.66. The number of carbonyl (C=O) groups excluding carboxylic acids is 1. The highest BCUT2D eigenvalue weighted by atomic mass is 35.5. The van der Waals surface area contributed by atoms with Crippen LogP contribution < -0.4 is 5.73 Å². The van der Waals surface area contributed by atoms with Crippen molar-refractivity contribution in [3.8, 4) is 0 Å². The van der Waals surface area contributed by atoms with Gasteiger partial charge < -0.3 is 10.6 Å². The van der Waals surface area contributed by atoms with Gasteiger partial charge in [0.15, 0.2) is 0 Å². The molecule has 1 atom stereocenters. The van der Waals surface area contributed by atoms with E-state index >= 15 is 0 Å². The van der Waals surface area contributed by atoms with Gasteiger partial charge in [0.05, 0.1) is 17.7 Å². The Balaban J connectivity index is 0. The van der Waals surface area contributed by atoms with Crippen molar-refractivity contribution in [3.05, 3.63) is 16.6 Å². The molecule has 7 heteroatoms. The maximum atomic E-state index is 11.6. The first-order valence-corrected chi connectivity index (χ1v) is 5.41. The smallest absolute Gasteiger partial charge is 0.226 e. The number of hydrogen-bond acceptors (Lipinski definition) is 4. The molecule has 0 radical (unpaired) electrons. The topological polar surface area (TPSA) is 59.2 Å². The van der Waals surface area contributed by atoms with Crippen LogP contribution in [-0.4, -0.2) is 29.4 Å². The van der Waals surface area contributed by atoms with Gasteiger partial charge in [0.2, 0.25) is 5.91 Å². The molecule has 0 aliphatic carbocycles.